The smallest absolute Gasteiger partial charge is 0.511 e. The number of hydrogen-bond donors (Lipinski definition) is 0. The molecule has 4 heterocycles. The molecule has 0 spiro atoms. The van der Waals surface area contributed by atoms with Crippen LogP contribution in [0.2, 0.25) is 0 Å². The fourth-order valence-electron chi connectivity index (χ4n) is 7.70. The Morgan fingerprint density at radius 2 is 1.73 bits per heavy atom. The number of aromatic nitrogens is 2. The molecule has 0 radical (unpaired) electrons. The van der Waals surface area contributed by atoms with Gasteiger partial charge in [0.05, 0.1) is 10.4 Å². The van der Waals surface area contributed by atoms with Gasteiger partial charge in [0, 0.05) is 29.0 Å². The molecule has 4 aromatic carbocycles. The minimum absolute atomic E-state index is 0. The maximum absolute atomic E-state index is 6.72. The molecule has 6 aromatic rings. The molecule has 49 heavy (non-hydrogen) atoms. The molecule has 9 rings (SSSR count). The number of benzene rings is 4. The summed E-state index contributed by atoms with van der Waals surface area (Å²) in [5, 5.41) is 2.36. The zero-order valence-corrected chi connectivity index (χ0v) is 32.0. The molecule has 0 saturated heterocycles. The van der Waals surface area contributed by atoms with E-state index in [1.54, 1.807) is 11.8 Å². The number of aliphatic imine (C=N–C) groups is 1. The Balaban J connectivity index is 0.00000348. The molecule has 0 bridgehead atoms. The quantitative estimate of drug-likeness (QED) is 0.166. The van der Waals surface area contributed by atoms with Crippen LogP contribution in [0.4, 0.5) is 0 Å². The Morgan fingerprint density at radius 3 is 2.53 bits per heavy atom. The third kappa shape index (κ3) is 4.63. The first-order valence-electron chi connectivity index (χ1n) is 16.6. The van der Waals surface area contributed by atoms with Crippen LogP contribution >= 0.6 is 11.8 Å². The van der Waals surface area contributed by atoms with E-state index in [4.69, 9.17) is 19.5 Å². The van der Waals surface area contributed by atoms with Crippen molar-refractivity contribution < 1.29 is 30.5 Å². The Labute approximate surface area is 306 Å². The van der Waals surface area contributed by atoms with Crippen LogP contribution in [-0.2, 0) is 43.2 Å². The van der Waals surface area contributed by atoms with Gasteiger partial charge in [-0.2, -0.15) is 6.07 Å². The number of aryl methyl sites for hydroxylation is 2. The van der Waals surface area contributed by atoms with E-state index in [0.29, 0.717) is 17.4 Å². The Bertz CT molecular complexity index is 2420. The summed E-state index contributed by atoms with van der Waals surface area (Å²) >= 11 is 1.79. The van der Waals surface area contributed by atoms with Gasteiger partial charge < -0.3 is 14.0 Å². The molecule has 0 saturated carbocycles. The first-order chi connectivity index (χ1) is 22.8. The summed E-state index contributed by atoms with van der Waals surface area (Å²) in [7, 11) is 0. The average Bonchev–Trinajstić information content (AvgIpc) is 3.59. The van der Waals surface area contributed by atoms with Gasteiger partial charge in [0.25, 0.3) is 0 Å². The van der Waals surface area contributed by atoms with E-state index >= 15 is 0 Å². The second-order valence-corrected chi connectivity index (χ2v) is 16.1. The predicted molar refractivity (Wildman–Crippen MR) is 193 cm³/mol. The molecule has 1 aliphatic carbocycles. The van der Waals surface area contributed by atoms with Gasteiger partial charge in [-0.1, -0.05) is 74.8 Å². The van der Waals surface area contributed by atoms with Crippen LogP contribution < -0.4 is 4.74 Å². The van der Waals surface area contributed by atoms with Crippen LogP contribution in [0.1, 0.15) is 73.6 Å². The monoisotopic (exact) mass is 842 g/mol. The molecule has 0 N–H and O–H groups in total. The average molecular weight is 843 g/mol. The zero-order valence-electron chi connectivity index (χ0n) is 28.9. The van der Waals surface area contributed by atoms with Crippen molar-refractivity contribution in [2.75, 3.05) is 0 Å². The van der Waals surface area contributed by atoms with Crippen molar-refractivity contribution in [2.24, 2.45) is 4.99 Å². The molecule has 5 nitrogen and oxygen atoms in total. The van der Waals surface area contributed by atoms with Gasteiger partial charge >= 0.3 is 21.1 Å². The van der Waals surface area contributed by atoms with Crippen LogP contribution in [-0.4, -0.2) is 21.0 Å². The van der Waals surface area contributed by atoms with E-state index in [9.17, 15) is 0 Å². The second kappa shape index (κ2) is 10.8. The number of nitrogens with zero attached hydrogens (tertiary/aromatic N) is 3. The summed E-state index contributed by atoms with van der Waals surface area (Å²) in [5.74, 6) is 2.79. The number of ether oxygens (including phenoxy) is 2. The van der Waals surface area contributed by atoms with Crippen LogP contribution in [0.5, 0.6) is 11.5 Å². The summed E-state index contributed by atoms with van der Waals surface area (Å²) in [4.78, 5) is 12.4. The van der Waals surface area contributed by atoms with Crippen LogP contribution in [0.15, 0.2) is 81.6 Å². The SMILES string of the molecule is Cc1cc2c3cc(C(C)(C)C)cc4c3n(c2[c-]c1Oc1[c-]c(C2=N[C@]3(C)c5ccc(C)c(C)c5C[C@]3(C)O2)ccc1)-c1ncccc1S4.[Pt+2]. The molecule has 2 atom stereocenters. The molecule has 0 fully saturated rings. The molecule has 0 unspecified atom stereocenters. The van der Waals surface area contributed by atoms with Gasteiger partial charge in [0.15, 0.2) is 0 Å². The molecule has 248 valence electrons. The number of hydrogen-bond acceptors (Lipinski definition) is 5. The molecule has 0 amide bonds. The molecule has 2 aromatic heterocycles. The van der Waals surface area contributed by atoms with Crippen molar-refractivity contribution in [1.82, 2.24) is 9.55 Å². The molecule has 2 aliphatic heterocycles. The maximum Gasteiger partial charge on any atom is 2.00 e. The van der Waals surface area contributed by atoms with E-state index < -0.39 is 11.1 Å². The van der Waals surface area contributed by atoms with Gasteiger partial charge in [-0.15, -0.1) is 35.2 Å². The van der Waals surface area contributed by atoms with E-state index in [0.717, 1.165) is 39.2 Å². The van der Waals surface area contributed by atoms with Crippen LogP contribution in [0.25, 0.3) is 27.6 Å². The van der Waals surface area contributed by atoms with E-state index in [1.807, 2.05) is 30.5 Å². The van der Waals surface area contributed by atoms with Crippen molar-refractivity contribution in [3.63, 3.8) is 0 Å². The van der Waals surface area contributed by atoms with Gasteiger partial charge in [-0.25, -0.2) is 4.98 Å². The number of rotatable bonds is 3. The first-order valence-corrected chi connectivity index (χ1v) is 17.4. The Morgan fingerprint density at radius 1 is 0.918 bits per heavy atom. The van der Waals surface area contributed by atoms with Crippen molar-refractivity contribution in [2.45, 2.75) is 88.2 Å². The number of pyridine rings is 1. The Kier molecular flexibility index (Phi) is 7.14. The summed E-state index contributed by atoms with van der Waals surface area (Å²) in [6.45, 7) is 17.7. The fourth-order valence-corrected chi connectivity index (χ4v) is 8.80. The molecule has 3 aliphatic rings. The first kappa shape index (κ1) is 32.3. The van der Waals surface area contributed by atoms with Crippen molar-refractivity contribution in [3.8, 4) is 17.3 Å². The van der Waals surface area contributed by atoms with Gasteiger partial charge in [0.2, 0.25) is 0 Å². The maximum atomic E-state index is 6.72. The van der Waals surface area contributed by atoms with Crippen molar-refractivity contribution in [3.05, 3.63) is 118 Å². The minimum Gasteiger partial charge on any atom is -0.511 e. The molecular formula is C42H37N3O2PtS. The molecule has 7 heteroatoms. The third-order valence-electron chi connectivity index (χ3n) is 10.9. The second-order valence-electron chi connectivity index (χ2n) is 15.0. The summed E-state index contributed by atoms with van der Waals surface area (Å²) in [6.07, 6.45) is 2.69. The summed E-state index contributed by atoms with van der Waals surface area (Å²) in [5.41, 5.74) is 9.57. The normalized spacial score (nSPS) is 20.4. The van der Waals surface area contributed by atoms with E-state index in [1.165, 1.54) is 43.6 Å². The molecular weight excluding hydrogens is 806 g/mol. The Hall–Kier alpha value is -3.86. The standard InChI is InChI=1S/C42H37N3O2S.Pt/c1-23-14-15-32-31(25(23)3)22-41(7)42(32,8)44-39(47-41)26-11-9-12-28(18-26)46-34-21-33-29(17-24(34)2)30-19-27(40(4,5)6)20-36-37(30)45(33)38-35(48-36)13-10-16-43-38;/h9-17,19-20H,22H2,1-8H3;/q-2;+2/t41-,42+;/m0./s1. The predicted octanol–water partition coefficient (Wildman–Crippen LogP) is 10.3. The number of fused-ring (bicyclic) bond motifs is 8. The van der Waals surface area contributed by atoms with Gasteiger partial charge in [-0.05, 0) is 84.5 Å². The van der Waals surface area contributed by atoms with Gasteiger partial charge in [0.1, 0.15) is 22.9 Å². The largest absolute Gasteiger partial charge is 2.00 e. The van der Waals surface area contributed by atoms with Crippen molar-refractivity contribution in [1.29, 1.82) is 0 Å². The zero-order chi connectivity index (χ0) is 33.3. The summed E-state index contributed by atoms with van der Waals surface area (Å²) in [6, 6.07) is 28.6. The fraction of sp³-hybridized carbons (Fsp3) is 0.286. The van der Waals surface area contributed by atoms with E-state index in [2.05, 4.69) is 108 Å². The van der Waals surface area contributed by atoms with Crippen LogP contribution in [0.3, 0.4) is 0 Å². The van der Waals surface area contributed by atoms with Crippen molar-refractivity contribution >= 4 is 39.5 Å². The van der Waals surface area contributed by atoms with E-state index in [-0.39, 0.29) is 26.5 Å². The third-order valence-corrected chi connectivity index (χ3v) is 11.9. The van der Waals surface area contributed by atoms with Gasteiger partial charge in [-0.3, -0.25) is 4.99 Å². The summed E-state index contributed by atoms with van der Waals surface area (Å²) < 4.78 is 15.6. The topological polar surface area (TPSA) is 48.6 Å². The minimum atomic E-state index is -0.469. The van der Waals surface area contributed by atoms with Crippen LogP contribution in [0, 0.1) is 32.9 Å².